The third-order valence-electron chi connectivity index (χ3n) is 2.89. The molecule has 0 unspecified atom stereocenters. The molecule has 1 aromatic rings. The van der Waals surface area contributed by atoms with Crippen LogP contribution in [0.1, 0.15) is 31.2 Å². The summed E-state index contributed by atoms with van der Waals surface area (Å²) in [6.07, 6.45) is 2.81. The molecule has 0 nitrogen and oxygen atoms in total. The van der Waals surface area contributed by atoms with Crippen LogP contribution in [0.15, 0.2) is 29.8 Å². The maximum absolute atomic E-state index is 12.9. The molecule has 0 aromatic heterocycles. The Kier molecular flexibility index (Phi) is 3.29. The van der Waals surface area contributed by atoms with E-state index >= 15 is 0 Å². The smallest absolute Gasteiger partial charge is 0.207 e. The van der Waals surface area contributed by atoms with Crippen molar-refractivity contribution in [1.82, 2.24) is 0 Å². The van der Waals surface area contributed by atoms with Gasteiger partial charge in [-0.25, -0.2) is 8.78 Å². The second-order valence-electron chi connectivity index (χ2n) is 4.18. The highest BCUT2D eigenvalue weighted by Crippen LogP contribution is 2.36. The van der Waals surface area contributed by atoms with E-state index in [9.17, 15) is 8.78 Å². The lowest BCUT2D eigenvalue weighted by Gasteiger charge is -2.23. The molecule has 0 radical (unpaired) electrons. The van der Waals surface area contributed by atoms with E-state index in [2.05, 4.69) is 0 Å². The van der Waals surface area contributed by atoms with Gasteiger partial charge in [0, 0.05) is 17.9 Å². The van der Waals surface area contributed by atoms with Gasteiger partial charge in [0.05, 0.1) is 0 Å². The third-order valence-corrected chi connectivity index (χ3v) is 3.23. The molecule has 0 heterocycles. The summed E-state index contributed by atoms with van der Waals surface area (Å²) in [5.74, 6) is -2.47. The highest BCUT2D eigenvalue weighted by atomic mass is 35.5. The molecule has 0 N–H and O–H groups in total. The van der Waals surface area contributed by atoms with Crippen molar-refractivity contribution in [1.29, 1.82) is 0 Å². The van der Waals surface area contributed by atoms with Crippen LogP contribution >= 0.6 is 11.6 Å². The third kappa shape index (κ3) is 2.82. The number of benzene rings is 1. The quantitative estimate of drug-likeness (QED) is 0.655. The first-order valence-corrected chi connectivity index (χ1v) is 5.76. The number of rotatable bonds is 1. The molecule has 16 heavy (non-hydrogen) atoms. The molecule has 2 rings (SSSR count). The Labute approximate surface area is 98.9 Å². The highest BCUT2D eigenvalue weighted by molar-refractivity contribution is 6.32. The Bertz CT molecular complexity index is 398. The second-order valence-corrected chi connectivity index (χ2v) is 4.59. The van der Waals surface area contributed by atoms with Crippen LogP contribution in [-0.4, -0.2) is 5.92 Å². The topological polar surface area (TPSA) is 0 Å². The molecule has 1 aliphatic carbocycles. The molecule has 0 spiro atoms. The van der Waals surface area contributed by atoms with E-state index in [0.29, 0.717) is 17.9 Å². The lowest BCUT2D eigenvalue weighted by molar-refractivity contribution is -0.0243. The van der Waals surface area contributed by atoms with Crippen LogP contribution in [0, 0.1) is 0 Å². The maximum atomic E-state index is 12.9. The molecule has 1 aliphatic rings. The second kappa shape index (κ2) is 4.54. The molecule has 0 atom stereocenters. The fourth-order valence-corrected chi connectivity index (χ4v) is 2.08. The average Bonchev–Trinajstić information content (AvgIpc) is 2.24. The van der Waals surface area contributed by atoms with Gasteiger partial charge >= 0.3 is 0 Å². The zero-order valence-electron chi connectivity index (χ0n) is 8.85. The van der Waals surface area contributed by atoms with Gasteiger partial charge in [-0.2, -0.15) is 0 Å². The predicted molar refractivity (Wildman–Crippen MR) is 62.8 cm³/mol. The fourth-order valence-electron chi connectivity index (χ4n) is 1.89. The molecule has 1 aromatic carbocycles. The molecule has 3 heteroatoms. The van der Waals surface area contributed by atoms with Crippen LogP contribution in [0.3, 0.4) is 0 Å². The van der Waals surface area contributed by atoms with Crippen molar-refractivity contribution in [2.45, 2.75) is 31.6 Å². The van der Waals surface area contributed by atoms with Crippen molar-refractivity contribution < 1.29 is 8.78 Å². The van der Waals surface area contributed by atoms with Crippen molar-refractivity contribution >= 4 is 17.7 Å². The van der Waals surface area contributed by atoms with Gasteiger partial charge in [0.15, 0.2) is 0 Å². The van der Waals surface area contributed by atoms with Gasteiger partial charge in [-0.3, -0.25) is 0 Å². The Morgan fingerprint density at radius 2 is 1.75 bits per heavy atom. The first-order valence-electron chi connectivity index (χ1n) is 5.39. The molecule has 86 valence electrons. The zero-order chi connectivity index (χ0) is 11.6. The summed E-state index contributed by atoms with van der Waals surface area (Å²) in [7, 11) is 0. The maximum Gasteiger partial charge on any atom is 0.248 e. The van der Waals surface area contributed by atoms with Crippen LogP contribution < -0.4 is 0 Å². The van der Waals surface area contributed by atoms with Crippen LogP contribution in [-0.2, 0) is 0 Å². The normalized spacial score (nSPS) is 19.6. The Hall–Kier alpha value is -0.890. The summed E-state index contributed by atoms with van der Waals surface area (Å²) in [6, 6.07) is 7.47. The van der Waals surface area contributed by atoms with Crippen LogP contribution in [0.5, 0.6) is 0 Å². The molecular formula is C13H13ClF2. The molecule has 1 saturated carbocycles. The Morgan fingerprint density at radius 1 is 1.12 bits per heavy atom. The predicted octanol–water partition coefficient (Wildman–Crippen LogP) is 4.93. The lowest BCUT2D eigenvalue weighted by Crippen LogP contribution is -2.20. The van der Waals surface area contributed by atoms with E-state index < -0.39 is 5.92 Å². The number of hydrogen-bond acceptors (Lipinski definition) is 0. The SMILES string of the molecule is FC1(F)CCC(=Cc2ccccc2Cl)CC1. The van der Waals surface area contributed by atoms with E-state index in [0.717, 1.165) is 11.1 Å². The van der Waals surface area contributed by atoms with Gasteiger partial charge in [-0.15, -0.1) is 0 Å². The molecule has 0 aliphatic heterocycles. The van der Waals surface area contributed by atoms with Crippen molar-refractivity contribution in [3.05, 3.63) is 40.4 Å². The number of halogens is 3. The summed E-state index contributed by atoms with van der Waals surface area (Å²) in [6.45, 7) is 0. The standard InChI is InChI=1S/C13H13ClF2/c14-12-4-2-1-3-11(12)9-10-5-7-13(15,16)8-6-10/h1-4,9H,5-8H2. The van der Waals surface area contributed by atoms with Gasteiger partial charge < -0.3 is 0 Å². The minimum absolute atomic E-state index is 0.0384. The van der Waals surface area contributed by atoms with E-state index in [1.54, 1.807) is 0 Å². The van der Waals surface area contributed by atoms with E-state index in [4.69, 9.17) is 11.6 Å². The molecular weight excluding hydrogens is 230 g/mol. The van der Waals surface area contributed by atoms with Crippen LogP contribution in [0.4, 0.5) is 8.78 Å². The average molecular weight is 243 g/mol. The van der Waals surface area contributed by atoms with E-state index in [1.807, 2.05) is 30.3 Å². The summed E-state index contributed by atoms with van der Waals surface area (Å²) in [4.78, 5) is 0. The summed E-state index contributed by atoms with van der Waals surface area (Å²) >= 11 is 6.01. The highest BCUT2D eigenvalue weighted by Gasteiger charge is 2.32. The van der Waals surface area contributed by atoms with E-state index in [1.165, 1.54) is 0 Å². The van der Waals surface area contributed by atoms with Crippen molar-refractivity contribution in [2.24, 2.45) is 0 Å². The number of hydrogen-bond donors (Lipinski definition) is 0. The van der Waals surface area contributed by atoms with Crippen molar-refractivity contribution in [2.75, 3.05) is 0 Å². The van der Waals surface area contributed by atoms with Gasteiger partial charge in [-0.1, -0.05) is 41.4 Å². The van der Waals surface area contributed by atoms with Crippen LogP contribution in [0.25, 0.3) is 6.08 Å². The molecule has 0 bridgehead atoms. The number of alkyl halides is 2. The van der Waals surface area contributed by atoms with Crippen LogP contribution in [0.2, 0.25) is 5.02 Å². The Balaban J connectivity index is 2.12. The number of allylic oxidation sites excluding steroid dienone is 1. The lowest BCUT2D eigenvalue weighted by atomic mass is 9.90. The molecule has 1 fully saturated rings. The summed E-state index contributed by atoms with van der Waals surface area (Å²) < 4.78 is 25.9. The minimum Gasteiger partial charge on any atom is -0.207 e. The van der Waals surface area contributed by atoms with Gasteiger partial charge in [0.25, 0.3) is 0 Å². The summed E-state index contributed by atoms with van der Waals surface area (Å²) in [5, 5.41) is 0.673. The first kappa shape index (κ1) is 11.6. The fraction of sp³-hybridized carbons (Fsp3) is 0.385. The minimum atomic E-state index is -2.47. The van der Waals surface area contributed by atoms with Crippen molar-refractivity contribution in [3.63, 3.8) is 0 Å². The van der Waals surface area contributed by atoms with Gasteiger partial charge in [0.1, 0.15) is 0 Å². The zero-order valence-corrected chi connectivity index (χ0v) is 9.61. The largest absolute Gasteiger partial charge is 0.248 e. The van der Waals surface area contributed by atoms with Gasteiger partial charge in [-0.05, 0) is 24.5 Å². The van der Waals surface area contributed by atoms with Gasteiger partial charge in [0.2, 0.25) is 5.92 Å². The summed E-state index contributed by atoms with van der Waals surface area (Å²) in [5.41, 5.74) is 1.99. The van der Waals surface area contributed by atoms with Crippen molar-refractivity contribution in [3.8, 4) is 0 Å². The first-order chi connectivity index (χ1) is 7.57. The molecule has 0 saturated heterocycles. The van der Waals surface area contributed by atoms with E-state index in [-0.39, 0.29) is 12.8 Å². The molecule has 0 amide bonds. The Morgan fingerprint density at radius 3 is 2.38 bits per heavy atom. The monoisotopic (exact) mass is 242 g/mol.